The van der Waals surface area contributed by atoms with Gasteiger partial charge in [-0.05, 0) is 37.6 Å². The highest BCUT2D eigenvalue weighted by Gasteiger charge is 2.09. The maximum atomic E-state index is 8.72. The number of hydrogen-bond donors (Lipinski definition) is 1. The molecule has 2 aromatic rings. The van der Waals surface area contributed by atoms with E-state index in [9.17, 15) is 0 Å². The first kappa shape index (κ1) is 12.2. The van der Waals surface area contributed by atoms with Gasteiger partial charge in [0.15, 0.2) is 0 Å². The van der Waals surface area contributed by atoms with Crippen molar-refractivity contribution in [2.24, 2.45) is 0 Å². The van der Waals surface area contributed by atoms with Crippen LogP contribution in [-0.2, 0) is 6.42 Å². The molecule has 0 aliphatic carbocycles. The summed E-state index contributed by atoms with van der Waals surface area (Å²) in [5.41, 5.74) is 3.81. The highest BCUT2D eigenvalue weighted by Crippen LogP contribution is 2.25. The second kappa shape index (κ2) is 4.92. The van der Waals surface area contributed by atoms with Gasteiger partial charge in [-0.15, -0.1) is 0 Å². The Morgan fingerprint density at radius 3 is 2.78 bits per heavy atom. The van der Waals surface area contributed by atoms with Gasteiger partial charge in [-0.1, -0.05) is 0 Å². The number of aryl methyl sites for hydroxylation is 2. The van der Waals surface area contributed by atoms with Gasteiger partial charge in [0.05, 0.1) is 25.3 Å². The second-order valence-electron chi connectivity index (χ2n) is 4.18. The lowest BCUT2D eigenvalue weighted by atomic mass is 10.1. The predicted octanol–water partition coefficient (Wildman–Crippen LogP) is 2.77. The number of aromatic amines is 1. The summed E-state index contributed by atoms with van der Waals surface area (Å²) in [6.45, 7) is 3.92. The van der Waals surface area contributed by atoms with Crippen LogP contribution >= 0.6 is 0 Å². The molecule has 4 nitrogen and oxygen atoms in total. The monoisotopic (exact) mass is 241 g/mol. The quantitative estimate of drug-likeness (QED) is 0.898. The molecular weight excluding hydrogens is 226 g/mol. The smallest absolute Gasteiger partial charge is 0.137 e. The Morgan fingerprint density at radius 2 is 2.17 bits per heavy atom. The Hall–Kier alpha value is -2.28. The Labute approximate surface area is 106 Å². The van der Waals surface area contributed by atoms with E-state index in [1.807, 2.05) is 32.0 Å². The van der Waals surface area contributed by atoms with Gasteiger partial charge in [0.1, 0.15) is 11.6 Å². The lowest BCUT2D eigenvalue weighted by Gasteiger charge is -2.05. The Morgan fingerprint density at radius 1 is 1.39 bits per heavy atom. The van der Waals surface area contributed by atoms with Gasteiger partial charge < -0.3 is 9.72 Å². The fourth-order valence-electron chi connectivity index (χ4n) is 1.91. The van der Waals surface area contributed by atoms with Crippen molar-refractivity contribution in [2.45, 2.75) is 20.3 Å². The van der Waals surface area contributed by atoms with Crippen LogP contribution in [0.15, 0.2) is 18.2 Å². The molecule has 0 saturated heterocycles. The van der Waals surface area contributed by atoms with Crippen LogP contribution in [0.5, 0.6) is 5.75 Å². The molecule has 0 fully saturated rings. The number of benzene rings is 1. The van der Waals surface area contributed by atoms with Crippen LogP contribution in [0.1, 0.15) is 17.0 Å². The van der Waals surface area contributed by atoms with Crippen molar-refractivity contribution >= 4 is 0 Å². The van der Waals surface area contributed by atoms with Crippen LogP contribution in [0.3, 0.4) is 0 Å². The zero-order valence-electron chi connectivity index (χ0n) is 10.7. The first-order valence-corrected chi connectivity index (χ1v) is 5.73. The number of nitrogens with zero attached hydrogens (tertiary/aromatic N) is 2. The molecular formula is C14H15N3O. The number of aromatic nitrogens is 2. The lowest BCUT2D eigenvalue weighted by Crippen LogP contribution is -1.89. The van der Waals surface area contributed by atoms with E-state index in [0.29, 0.717) is 6.42 Å². The minimum Gasteiger partial charge on any atom is -0.496 e. The van der Waals surface area contributed by atoms with E-state index in [1.54, 1.807) is 7.11 Å². The number of rotatable bonds is 3. The van der Waals surface area contributed by atoms with E-state index in [1.165, 1.54) is 0 Å². The largest absolute Gasteiger partial charge is 0.496 e. The molecule has 1 heterocycles. The van der Waals surface area contributed by atoms with Gasteiger partial charge in [0.2, 0.25) is 0 Å². The van der Waals surface area contributed by atoms with Crippen molar-refractivity contribution in [3.8, 4) is 23.2 Å². The number of methoxy groups -OCH3 is 1. The first-order valence-electron chi connectivity index (χ1n) is 5.73. The summed E-state index contributed by atoms with van der Waals surface area (Å²) in [7, 11) is 1.66. The van der Waals surface area contributed by atoms with E-state index < -0.39 is 0 Å². The third-order valence-electron chi connectivity index (χ3n) is 2.90. The Bertz CT molecular complexity index is 608. The molecule has 0 amide bonds. The summed E-state index contributed by atoms with van der Waals surface area (Å²) in [5, 5.41) is 8.72. The summed E-state index contributed by atoms with van der Waals surface area (Å²) in [6, 6.07) is 8.02. The molecule has 1 aromatic carbocycles. The third-order valence-corrected chi connectivity index (χ3v) is 2.90. The minimum atomic E-state index is 0.331. The van der Waals surface area contributed by atoms with Crippen molar-refractivity contribution in [1.29, 1.82) is 5.26 Å². The Kier molecular flexibility index (Phi) is 3.33. The zero-order valence-corrected chi connectivity index (χ0v) is 10.7. The van der Waals surface area contributed by atoms with Crippen LogP contribution in [0.25, 0.3) is 11.4 Å². The van der Waals surface area contributed by atoms with E-state index in [0.717, 1.165) is 34.1 Å². The summed E-state index contributed by atoms with van der Waals surface area (Å²) in [5.74, 6) is 1.66. The molecule has 0 unspecified atom stereocenters. The van der Waals surface area contributed by atoms with Gasteiger partial charge >= 0.3 is 0 Å². The highest BCUT2D eigenvalue weighted by atomic mass is 16.5. The van der Waals surface area contributed by atoms with Crippen molar-refractivity contribution in [3.05, 3.63) is 35.2 Å². The van der Waals surface area contributed by atoms with Crippen molar-refractivity contribution in [1.82, 2.24) is 9.97 Å². The average Bonchev–Trinajstić information content (AvgIpc) is 2.71. The topological polar surface area (TPSA) is 61.7 Å². The van der Waals surface area contributed by atoms with Crippen molar-refractivity contribution < 1.29 is 4.74 Å². The molecule has 4 heteroatoms. The molecule has 0 radical (unpaired) electrons. The number of ether oxygens (including phenoxy) is 1. The van der Waals surface area contributed by atoms with Gasteiger partial charge in [-0.2, -0.15) is 5.26 Å². The summed E-state index contributed by atoms with van der Waals surface area (Å²) >= 11 is 0. The van der Waals surface area contributed by atoms with Crippen LogP contribution in [0, 0.1) is 25.2 Å². The summed E-state index contributed by atoms with van der Waals surface area (Å²) in [4.78, 5) is 7.65. The molecule has 2 rings (SSSR count). The summed E-state index contributed by atoms with van der Waals surface area (Å²) < 4.78 is 5.23. The molecule has 0 aliphatic rings. The second-order valence-corrected chi connectivity index (χ2v) is 4.18. The number of hydrogen-bond acceptors (Lipinski definition) is 3. The van der Waals surface area contributed by atoms with Crippen molar-refractivity contribution in [2.75, 3.05) is 7.11 Å². The number of H-pyrrole nitrogens is 1. The van der Waals surface area contributed by atoms with Crippen LogP contribution < -0.4 is 4.74 Å². The van der Waals surface area contributed by atoms with E-state index >= 15 is 0 Å². The van der Waals surface area contributed by atoms with E-state index in [2.05, 4.69) is 16.0 Å². The van der Waals surface area contributed by atoms with E-state index in [-0.39, 0.29) is 0 Å². The molecule has 92 valence electrons. The maximum Gasteiger partial charge on any atom is 0.137 e. The predicted molar refractivity (Wildman–Crippen MR) is 69.4 cm³/mol. The standard InChI is InChI=1S/C14H15N3O/c1-9-8-11(4-5-13(9)18-3)14-16-10(2)12(17-14)6-7-15/h4-5,8H,6H2,1-3H3,(H,16,17). The highest BCUT2D eigenvalue weighted by molar-refractivity contribution is 5.59. The molecule has 1 N–H and O–H groups in total. The first-order chi connectivity index (χ1) is 8.65. The summed E-state index contributed by atoms with van der Waals surface area (Å²) in [6.07, 6.45) is 0.331. The van der Waals surface area contributed by atoms with Gasteiger partial charge in [0, 0.05) is 11.3 Å². The molecule has 1 aromatic heterocycles. The Balaban J connectivity index is 2.40. The zero-order chi connectivity index (χ0) is 13.1. The lowest BCUT2D eigenvalue weighted by molar-refractivity contribution is 0.412. The van der Waals surface area contributed by atoms with Gasteiger partial charge in [0.25, 0.3) is 0 Å². The third kappa shape index (κ3) is 2.21. The molecule has 0 bridgehead atoms. The fraction of sp³-hybridized carbons (Fsp3) is 0.286. The van der Waals surface area contributed by atoms with E-state index in [4.69, 9.17) is 10.00 Å². The van der Waals surface area contributed by atoms with Crippen LogP contribution in [0.4, 0.5) is 0 Å². The maximum absolute atomic E-state index is 8.72. The SMILES string of the molecule is COc1ccc(-c2nc(CC#N)c(C)[nH]2)cc1C. The van der Waals surface area contributed by atoms with Crippen molar-refractivity contribution in [3.63, 3.8) is 0 Å². The molecule has 0 atom stereocenters. The molecule has 0 saturated carbocycles. The average molecular weight is 241 g/mol. The molecule has 0 aliphatic heterocycles. The molecule has 18 heavy (non-hydrogen) atoms. The van der Waals surface area contributed by atoms with Gasteiger partial charge in [-0.25, -0.2) is 4.98 Å². The number of nitriles is 1. The van der Waals surface area contributed by atoms with Gasteiger partial charge in [-0.3, -0.25) is 0 Å². The van der Waals surface area contributed by atoms with Crippen LogP contribution in [-0.4, -0.2) is 17.1 Å². The minimum absolute atomic E-state index is 0.331. The fourth-order valence-corrected chi connectivity index (χ4v) is 1.91. The molecule has 0 spiro atoms. The normalized spacial score (nSPS) is 10.1. The van der Waals surface area contributed by atoms with Crippen LogP contribution in [0.2, 0.25) is 0 Å². The number of imidazole rings is 1. The number of nitrogens with one attached hydrogen (secondary N) is 1.